The van der Waals surface area contributed by atoms with Gasteiger partial charge >= 0.3 is 0 Å². The SMILES string of the molecule is CCOc1cc(CNc2cccc([N+](=O)[O-])c2)cc(I)c1OCc1ccccc1. The summed E-state index contributed by atoms with van der Waals surface area (Å²) >= 11 is 2.24. The van der Waals surface area contributed by atoms with E-state index >= 15 is 0 Å². The molecule has 0 amide bonds. The maximum absolute atomic E-state index is 10.9. The van der Waals surface area contributed by atoms with Crippen molar-refractivity contribution in [2.75, 3.05) is 11.9 Å². The molecule has 0 saturated carbocycles. The fourth-order valence-electron chi connectivity index (χ4n) is 2.79. The molecule has 0 fully saturated rings. The third kappa shape index (κ3) is 5.83. The Labute approximate surface area is 183 Å². The van der Waals surface area contributed by atoms with Crippen LogP contribution in [0.1, 0.15) is 18.1 Å². The van der Waals surface area contributed by atoms with Gasteiger partial charge in [-0.2, -0.15) is 0 Å². The number of hydrogen-bond donors (Lipinski definition) is 1. The van der Waals surface area contributed by atoms with Gasteiger partial charge in [-0.3, -0.25) is 10.1 Å². The van der Waals surface area contributed by atoms with Crippen LogP contribution in [0.25, 0.3) is 0 Å². The highest BCUT2D eigenvalue weighted by Gasteiger charge is 2.13. The second-order valence-corrected chi connectivity index (χ2v) is 7.44. The summed E-state index contributed by atoms with van der Waals surface area (Å²) in [5, 5.41) is 14.2. The van der Waals surface area contributed by atoms with Gasteiger partial charge in [0.15, 0.2) is 11.5 Å². The van der Waals surface area contributed by atoms with Crippen LogP contribution in [-0.4, -0.2) is 11.5 Å². The van der Waals surface area contributed by atoms with Crippen molar-refractivity contribution < 1.29 is 14.4 Å². The number of benzene rings is 3. The molecule has 0 aliphatic rings. The fraction of sp³-hybridized carbons (Fsp3) is 0.182. The van der Waals surface area contributed by atoms with Crippen LogP contribution in [0.2, 0.25) is 0 Å². The summed E-state index contributed by atoms with van der Waals surface area (Å²) in [6, 6.07) is 20.4. The maximum atomic E-state index is 10.9. The molecule has 0 spiro atoms. The highest BCUT2D eigenvalue weighted by Crippen LogP contribution is 2.35. The van der Waals surface area contributed by atoms with Crippen molar-refractivity contribution in [3.8, 4) is 11.5 Å². The fourth-order valence-corrected chi connectivity index (χ4v) is 3.61. The van der Waals surface area contributed by atoms with Gasteiger partial charge in [0.1, 0.15) is 6.61 Å². The average molecular weight is 504 g/mol. The minimum atomic E-state index is -0.403. The molecule has 0 heterocycles. The number of nitrogens with zero attached hydrogens (tertiary/aromatic N) is 1. The Morgan fingerprint density at radius 2 is 1.79 bits per heavy atom. The summed E-state index contributed by atoms with van der Waals surface area (Å²) in [5.74, 6) is 1.40. The summed E-state index contributed by atoms with van der Waals surface area (Å²) < 4.78 is 12.8. The third-order valence-electron chi connectivity index (χ3n) is 4.15. The quantitative estimate of drug-likeness (QED) is 0.227. The lowest BCUT2D eigenvalue weighted by Crippen LogP contribution is -2.05. The molecule has 0 atom stereocenters. The molecule has 0 radical (unpaired) electrons. The monoisotopic (exact) mass is 504 g/mol. The van der Waals surface area contributed by atoms with E-state index in [2.05, 4.69) is 27.9 Å². The number of halogens is 1. The van der Waals surface area contributed by atoms with Crippen molar-refractivity contribution >= 4 is 34.0 Å². The predicted molar refractivity (Wildman–Crippen MR) is 122 cm³/mol. The number of hydrogen-bond acceptors (Lipinski definition) is 5. The second-order valence-electron chi connectivity index (χ2n) is 6.27. The zero-order valence-electron chi connectivity index (χ0n) is 15.9. The standard InChI is InChI=1S/C22H21IN2O4/c1-2-28-21-12-17(14-24-18-9-6-10-19(13-18)25(26)27)11-20(23)22(21)29-15-16-7-4-3-5-8-16/h3-13,24H,2,14-15H2,1H3. The lowest BCUT2D eigenvalue weighted by molar-refractivity contribution is -0.384. The molecule has 1 N–H and O–H groups in total. The van der Waals surface area contributed by atoms with Crippen LogP contribution in [0.4, 0.5) is 11.4 Å². The smallest absolute Gasteiger partial charge is 0.271 e. The number of nitrogens with one attached hydrogen (secondary N) is 1. The van der Waals surface area contributed by atoms with Gasteiger partial charge in [0, 0.05) is 24.4 Å². The van der Waals surface area contributed by atoms with Crippen LogP contribution >= 0.6 is 22.6 Å². The van der Waals surface area contributed by atoms with Gasteiger partial charge < -0.3 is 14.8 Å². The molecule has 3 aromatic carbocycles. The molecule has 150 valence electrons. The molecule has 0 aliphatic heterocycles. The van der Waals surface area contributed by atoms with Crippen LogP contribution in [0.5, 0.6) is 11.5 Å². The molecule has 3 aromatic rings. The topological polar surface area (TPSA) is 73.6 Å². The predicted octanol–water partition coefficient (Wildman–Crippen LogP) is 5.79. The van der Waals surface area contributed by atoms with E-state index in [1.54, 1.807) is 12.1 Å². The van der Waals surface area contributed by atoms with Gasteiger partial charge in [0.2, 0.25) is 0 Å². The van der Waals surface area contributed by atoms with Crippen molar-refractivity contribution in [2.45, 2.75) is 20.1 Å². The molecule has 0 aliphatic carbocycles. The Kier molecular flexibility index (Phi) is 7.29. The number of non-ortho nitro benzene ring substituents is 1. The molecule has 0 aromatic heterocycles. The molecule has 29 heavy (non-hydrogen) atoms. The first kappa shape index (κ1) is 20.9. The first-order valence-electron chi connectivity index (χ1n) is 9.17. The molecular weight excluding hydrogens is 483 g/mol. The summed E-state index contributed by atoms with van der Waals surface area (Å²) in [5.41, 5.74) is 2.83. The van der Waals surface area contributed by atoms with Crippen LogP contribution in [0.15, 0.2) is 66.7 Å². The van der Waals surface area contributed by atoms with E-state index < -0.39 is 4.92 Å². The van der Waals surface area contributed by atoms with Crippen LogP contribution < -0.4 is 14.8 Å². The number of nitro benzene ring substituents is 1. The van der Waals surface area contributed by atoms with E-state index in [0.29, 0.717) is 31.2 Å². The second kappa shape index (κ2) is 10.1. The average Bonchev–Trinajstić information content (AvgIpc) is 2.73. The molecule has 0 unspecified atom stereocenters. The summed E-state index contributed by atoms with van der Waals surface area (Å²) in [4.78, 5) is 10.5. The highest BCUT2D eigenvalue weighted by molar-refractivity contribution is 14.1. The van der Waals surface area contributed by atoms with Gasteiger partial charge in [-0.1, -0.05) is 36.4 Å². The van der Waals surface area contributed by atoms with E-state index in [0.717, 1.165) is 20.4 Å². The van der Waals surface area contributed by atoms with Crippen LogP contribution in [-0.2, 0) is 13.2 Å². The normalized spacial score (nSPS) is 10.4. The van der Waals surface area contributed by atoms with E-state index in [-0.39, 0.29) is 5.69 Å². The van der Waals surface area contributed by atoms with Crippen molar-refractivity contribution in [1.82, 2.24) is 0 Å². The lowest BCUT2D eigenvalue weighted by atomic mass is 10.2. The van der Waals surface area contributed by atoms with Gasteiger partial charge in [0.05, 0.1) is 15.1 Å². The number of anilines is 1. The summed E-state index contributed by atoms with van der Waals surface area (Å²) in [7, 11) is 0. The maximum Gasteiger partial charge on any atom is 0.271 e. The summed E-state index contributed by atoms with van der Waals surface area (Å²) in [6.07, 6.45) is 0. The number of rotatable bonds is 9. The Morgan fingerprint density at radius 3 is 2.52 bits per heavy atom. The van der Waals surface area contributed by atoms with E-state index in [1.165, 1.54) is 12.1 Å². The third-order valence-corrected chi connectivity index (χ3v) is 4.95. The molecule has 6 nitrogen and oxygen atoms in total. The van der Waals surface area contributed by atoms with E-state index in [9.17, 15) is 10.1 Å². The molecule has 0 saturated heterocycles. The first-order chi connectivity index (χ1) is 14.1. The van der Waals surface area contributed by atoms with Crippen molar-refractivity contribution in [1.29, 1.82) is 0 Å². The van der Waals surface area contributed by atoms with Crippen molar-refractivity contribution in [3.63, 3.8) is 0 Å². The number of ether oxygens (including phenoxy) is 2. The first-order valence-corrected chi connectivity index (χ1v) is 10.2. The van der Waals surface area contributed by atoms with Crippen LogP contribution in [0.3, 0.4) is 0 Å². The minimum absolute atomic E-state index is 0.0595. The van der Waals surface area contributed by atoms with E-state index in [4.69, 9.17) is 9.47 Å². The number of nitro groups is 1. The molecule has 7 heteroatoms. The largest absolute Gasteiger partial charge is 0.490 e. The van der Waals surface area contributed by atoms with E-state index in [1.807, 2.05) is 49.4 Å². The molecule has 0 bridgehead atoms. The van der Waals surface area contributed by atoms with Crippen molar-refractivity contribution in [3.05, 3.63) is 91.5 Å². The highest BCUT2D eigenvalue weighted by atomic mass is 127. The van der Waals surface area contributed by atoms with Gasteiger partial charge in [-0.05, 0) is 58.8 Å². The Bertz CT molecular complexity index is 980. The Morgan fingerprint density at radius 1 is 1.00 bits per heavy atom. The molecule has 3 rings (SSSR count). The molecular formula is C22H21IN2O4. The Balaban J connectivity index is 1.74. The van der Waals surface area contributed by atoms with Crippen LogP contribution in [0, 0.1) is 13.7 Å². The van der Waals surface area contributed by atoms with Gasteiger partial charge in [0.25, 0.3) is 5.69 Å². The minimum Gasteiger partial charge on any atom is -0.490 e. The lowest BCUT2D eigenvalue weighted by Gasteiger charge is -2.16. The zero-order chi connectivity index (χ0) is 20.6. The zero-order valence-corrected chi connectivity index (χ0v) is 18.1. The van der Waals surface area contributed by atoms with Gasteiger partial charge in [-0.25, -0.2) is 0 Å². The summed E-state index contributed by atoms with van der Waals surface area (Å²) in [6.45, 7) is 3.43. The van der Waals surface area contributed by atoms with Crippen molar-refractivity contribution in [2.24, 2.45) is 0 Å². The Hall–Kier alpha value is -2.81. The van der Waals surface area contributed by atoms with Gasteiger partial charge in [-0.15, -0.1) is 0 Å².